The summed E-state index contributed by atoms with van der Waals surface area (Å²) in [5.41, 5.74) is 0.431. The van der Waals surface area contributed by atoms with Crippen LogP contribution in [0.5, 0.6) is 0 Å². The number of likely N-dealkylation sites (N-methyl/N-ethyl adjacent to an activating group) is 1. The van der Waals surface area contributed by atoms with Crippen LogP contribution in [0.4, 0.5) is 0 Å². The zero-order chi connectivity index (χ0) is 16.4. The summed E-state index contributed by atoms with van der Waals surface area (Å²) >= 11 is 0. The first-order valence-corrected chi connectivity index (χ1v) is 9.57. The fourth-order valence-corrected chi connectivity index (χ4v) is 4.22. The molecule has 1 aliphatic carbocycles. The van der Waals surface area contributed by atoms with Gasteiger partial charge in [0, 0.05) is 30.7 Å². The second kappa shape index (κ2) is 7.82. The maximum Gasteiger partial charge on any atom is 0.253 e. The summed E-state index contributed by atoms with van der Waals surface area (Å²) in [6.45, 7) is 1.38. The fraction of sp³-hybridized carbons (Fsp3) is 0.562. The molecule has 1 amide bonds. The second-order valence-electron chi connectivity index (χ2n) is 6.30. The summed E-state index contributed by atoms with van der Waals surface area (Å²) in [7, 11) is -1.63. The molecule has 2 fully saturated rings. The molecule has 1 aromatic rings. The van der Waals surface area contributed by atoms with E-state index in [0.717, 1.165) is 25.7 Å². The number of benzene rings is 1. The molecule has 2 aliphatic rings. The van der Waals surface area contributed by atoms with Crippen molar-refractivity contribution >= 4 is 28.3 Å². The normalized spacial score (nSPS) is 21.2. The third kappa shape index (κ3) is 4.47. The molecule has 0 aromatic heterocycles. The average molecular weight is 374 g/mol. The van der Waals surface area contributed by atoms with Crippen LogP contribution in [-0.2, 0) is 10.0 Å². The highest BCUT2D eigenvalue weighted by Crippen LogP contribution is 2.23. The lowest BCUT2D eigenvalue weighted by Crippen LogP contribution is -2.47. The van der Waals surface area contributed by atoms with Gasteiger partial charge in [0.05, 0.1) is 4.90 Å². The minimum absolute atomic E-state index is 0. The van der Waals surface area contributed by atoms with Gasteiger partial charge in [0.1, 0.15) is 0 Å². The van der Waals surface area contributed by atoms with Crippen LogP contribution in [0.1, 0.15) is 36.0 Å². The van der Waals surface area contributed by atoms with Crippen molar-refractivity contribution in [3.63, 3.8) is 0 Å². The number of likely N-dealkylation sites (tertiary alicyclic amines) is 1. The van der Waals surface area contributed by atoms with Gasteiger partial charge in [0.25, 0.3) is 5.91 Å². The van der Waals surface area contributed by atoms with Crippen molar-refractivity contribution in [2.45, 2.75) is 42.7 Å². The lowest BCUT2D eigenvalue weighted by Gasteiger charge is -2.32. The third-order valence-corrected chi connectivity index (χ3v) is 5.93. The van der Waals surface area contributed by atoms with Gasteiger partial charge in [0.2, 0.25) is 10.0 Å². The van der Waals surface area contributed by atoms with Gasteiger partial charge >= 0.3 is 0 Å². The molecule has 0 spiro atoms. The lowest BCUT2D eigenvalue weighted by atomic mass is 10.0. The molecular weight excluding hydrogens is 350 g/mol. The number of amides is 1. The molecule has 3 rings (SSSR count). The Morgan fingerprint density at radius 1 is 1.21 bits per heavy atom. The highest BCUT2D eigenvalue weighted by Gasteiger charge is 2.29. The van der Waals surface area contributed by atoms with E-state index < -0.39 is 10.0 Å². The Hall–Kier alpha value is -1.15. The summed E-state index contributed by atoms with van der Waals surface area (Å²) < 4.78 is 27.2. The van der Waals surface area contributed by atoms with Crippen molar-refractivity contribution in [3.05, 3.63) is 29.8 Å². The molecule has 1 atom stereocenters. The number of halogens is 1. The molecular formula is C16H24ClN3O3S. The molecule has 8 heteroatoms. The van der Waals surface area contributed by atoms with Crippen molar-refractivity contribution in [2.75, 3.05) is 20.1 Å². The van der Waals surface area contributed by atoms with Crippen LogP contribution < -0.4 is 10.0 Å². The second-order valence-corrected chi connectivity index (χ2v) is 8.02. The Morgan fingerprint density at radius 2 is 1.96 bits per heavy atom. The lowest BCUT2D eigenvalue weighted by molar-refractivity contribution is 0.0698. The zero-order valence-corrected chi connectivity index (χ0v) is 15.3. The van der Waals surface area contributed by atoms with E-state index in [0.29, 0.717) is 24.7 Å². The summed E-state index contributed by atoms with van der Waals surface area (Å²) in [5.74, 6) is -0.103. The SMILES string of the molecule is CNC1CCCN(C(=O)c2cccc(S(=O)(=O)NC3CC3)c2)C1.Cl. The van der Waals surface area contributed by atoms with Crippen LogP contribution in [0, 0.1) is 0 Å². The standard InChI is InChI=1S/C16H23N3O3S.ClH/c1-17-14-5-3-9-19(11-14)16(20)12-4-2-6-15(10-12)23(21,22)18-13-7-8-13;/h2,4,6,10,13-14,17-18H,3,5,7-9,11H2,1H3;1H. The Morgan fingerprint density at radius 3 is 2.62 bits per heavy atom. The van der Waals surface area contributed by atoms with Gasteiger partial charge < -0.3 is 10.2 Å². The number of carbonyl (C=O) groups excluding carboxylic acids is 1. The van der Waals surface area contributed by atoms with Crippen LogP contribution in [0.2, 0.25) is 0 Å². The van der Waals surface area contributed by atoms with Crippen molar-refractivity contribution in [3.8, 4) is 0 Å². The van der Waals surface area contributed by atoms with Crippen LogP contribution >= 0.6 is 12.4 Å². The molecule has 24 heavy (non-hydrogen) atoms. The molecule has 134 valence electrons. The van der Waals surface area contributed by atoms with Crippen LogP contribution in [0.15, 0.2) is 29.2 Å². The van der Waals surface area contributed by atoms with E-state index in [-0.39, 0.29) is 29.3 Å². The van der Waals surface area contributed by atoms with Gasteiger partial charge in [-0.1, -0.05) is 6.07 Å². The fourth-order valence-electron chi connectivity index (χ4n) is 2.86. The first kappa shape index (κ1) is 19.2. The van der Waals surface area contributed by atoms with E-state index >= 15 is 0 Å². The maximum absolute atomic E-state index is 12.7. The Bertz CT molecular complexity index is 692. The maximum atomic E-state index is 12.7. The van der Waals surface area contributed by atoms with Gasteiger partial charge in [-0.3, -0.25) is 4.79 Å². The predicted octanol–water partition coefficient (Wildman–Crippen LogP) is 1.37. The highest BCUT2D eigenvalue weighted by molar-refractivity contribution is 7.89. The number of rotatable bonds is 5. The number of nitrogens with one attached hydrogen (secondary N) is 2. The quantitative estimate of drug-likeness (QED) is 0.817. The molecule has 2 N–H and O–H groups in total. The van der Waals surface area contributed by atoms with Crippen molar-refractivity contribution < 1.29 is 13.2 Å². The highest BCUT2D eigenvalue weighted by atomic mass is 35.5. The van der Waals surface area contributed by atoms with Gasteiger partial charge in [-0.2, -0.15) is 0 Å². The summed E-state index contributed by atoms with van der Waals surface area (Å²) in [5, 5.41) is 3.20. The molecule has 6 nitrogen and oxygen atoms in total. The summed E-state index contributed by atoms with van der Waals surface area (Å²) in [4.78, 5) is 14.6. The topological polar surface area (TPSA) is 78.5 Å². The number of hydrogen-bond acceptors (Lipinski definition) is 4. The number of piperidine rings is 1. The van der Waals surface area contributed by atoms with Crippen LogP contribution in [0.3, 0.4) is 0 Å². The molecule has 1 aromatic carbocycles. The largest absolute Gasteiger partial charge is 0.337 e. The first-order valence-electron chi connectivity index (χ1n) is 8.08. The third-order valence-electron chi connectivity index (χ3n) is 4.41. The Balaban J connectivity index is 0.00000208. The molecule has 0 radical (unpaired) electrons. The molecule has 1 unspecified atom stereocenters. The van der Waals surface area contributed by atoms with Crippen molar-refractivity contribution in [1.29, 1.82) is 0 Å². The number of carbonyl (C=O) groups is 1. The van der Waals surface area contributed by atoms with Crippen LogP contribution in [0.25, 0.3) is 0 Å². The van der Waals surface area contributed by atoms with Gasteiger partial charge in [-0.05, 0) is 50.9 Å². The minimum Gasteiger partial charge on any atom is -0.337 e. The Kier molecular flexibility index (Phi) is 6.25. The van der Waals surface area contributed by atoms with Gasteiger partial charge in [-0.15, -0.1) is 12.4 Å². The molecule has 1 saturated carbocycles. The number of sulfonamides is 1. The van der Waals surface area contributed by atoms with E-state index in [1.165, 1.54) is 12.1 Å². The van der Waals surface area contributed by atoms with Gasteiger partial charge in [-0.25, -0.2) is 13.1 Å². The van der Waals surface area contributed by atoms with Crippen molar-refractivity contribution in [1.82, 2.24) is 14.9 Å². The summed E-state index contributed by atoms with van der Waals surface area (Å²) in [6.07, 6.45) is 3.78. The monoisotopic (exact) mass is 373 g/mol. The molecule has 1 aliphatic heterocycles. The number of nitrogens with zero attached hydrogens (tertiary/aromatic N) is 1. The van der Waals surface area contributed by atoms with E-state index in [1.807, 2.05) is 7.05 Å². The average Bonchev–Trinajstić information content (AvgIpc) is 3.37. The van der Waals surface area contributed by atoms with E-state index in [9.17, 15) is 13.2 Å². The minimum atomic E-state index is -3.53. The van der Waals surface area contributed by atoms with E-state index in [1.54, 1.807) is 17.0 Å². The predicted molar refractivity (Wildman–Crippen MR) is 95.0 cm³/mol. The van der Waals surface area contributed by atoms with Gasteiger partial charge in [0.15, 0.2) is 0 Å². The smallest absolute Gasteiger partial charge is 0.253 e. The van der Waals surface area contributed by atoms with E-state index in [2.05, 4.69) is 10.0 Å². The summed E-state index contributed by atoms with van der Waals surface area (Å²) in [6, 6.07) is 6.69. The Labute approximate surface area is 149 Å². The number of hydrogen-bond donors (Lipinski definition) is 2. The molecule has 1 heterocycles. The zero-order valence-electron chi connectivity index (χ0n) is 13.7. The van der Waals surface area contributed by atoms with E-state index in [4.69, 9.17) is 0 Å². The van der Waals surface area contributed by atoms with Crippen molar-refractivity contribution in [2.24, 2.45) is 0 Å². The molecule has 0 bridgehead atoms. The van der Waals surface area contributed by atoms with Crippen LogP contribution in [-0.4, -0.2) is 51.4 Å². The molecule has 1 saturated heterocycles. The first-order chi connectivity index (χ1) is 11.0.